The van der Waals surface area contributed by atoms with Gasteiger partial charge in [0.15, 0.2) is 0 Å². The van der Waals surface area contributed by atoms with Gasteiger partial charge in [-0.25, -0.2) is 0 Å². The zero-order chi connectivity index (χ0) is 8.69. The first-order valence-electron chi connectivity index (χ1n) is 3.30. The topological polar surface area (TPSA) is 63.3 Å². The van der Waals surface area contributed by atoms with Gasteiger partial charge in [-0.1, -0.05) is 0 Å². The first-order chi connectivity index (χ1) is 5.18. The molecule has 0 bridgehead atoms. The van der Waals surface area contributed by atoms with Crippen molar-refractivity contribution in [1.29, 1.82) is 0 Å². The molecule has 1 atom stereocenters. The van der Waals surface area contributed by atoms with Crippen LogP contribution in [-0.2, 0) is 4.79 Å². The van der Waals surface area contributed by atoms with Crippen LogP contribution in [0.3, 0.4) is 0 Å². The Morgan fingerprint density at radius 3 is 2.58 bits per heavy atom. The molecule has 0 unspecified atom stereocenters. The highest BCUT2D eigenvalue weighted by Gasteiger charge is 2.09. The fourth-order valence-corrected chi connectivity index (χ4v) is 1.22. The van der Waals surface area contributed by atoms with Gasteiger partial charge in [0.05, 0.1) is 6.67 Å². The summed E-state index contributed by atoms with van der Waals surface area (Å²) in [6.45, 7) is -0.368. The largest absolute Gasteiger partial charge is 0.480 e. The third kappa shape index (κ3) is 8.10. The number of nitrogens with two attached hydrogens (primary N) is 1. The highest BCUT2D eigenvalue weighted by atomic mass is 35.5. The van der Waals surface area contributed by atoms with E-state index in [0.717, 1.165) is 0 Å². The first-order valence-corrected chi connectivity index (χ1v) is 4.46. The minimum absolute atomic E-state index is 0. The summed E-state index contributed by atoms with van der Waals surface area (Å²) in [7, 11) is 0. The summed E-state index contributed by atoms with van der Waals surface area (Å²) in [6, 6.07) is -0.804. The molecule has 0 aliphatic rings. The molecular formula is C6H13ClFNO2S. The lowest BCUT2D eigenvalue weighted by atomic mass is 10.2. The lowest BCUT2D eigenvalue weighted by Gasteiger charge is -2.03. The Morgan fingerprint density at radius 1 is 1.58 bits per heavy atom. The highest BCUT2D eigenvalue weighted by Crippen LogP contribution is 2.03. The van der Waals surface area contributed by atoms with Gasteiger partial charge in [0.2, 0.25) is 0 Å². The van der Waals surface area contributed by atoms with Crippen molar-refractivity contribution in [2.75, 3.05) is 18.2 Å². The van der Waals surface area contributed by atoms with E-state index < -0.39 is 12.0 Å². The molecule has 0 aliphatic heterocycles. The molecule has 0 aliphatic carbocycles. The third-order valence-corrected chi connectivity index (χ3v) is 2.08. The van der Waals surface area contributed by atoms with E-state index in [0.29, 0.717) is 17.9 Å². The Balaban J connectivity index is 0. The number of carbonyl (C=O) groups is 1. The van der Waals surface area contributed by atoms with Crippen molar-refractivity contribution >= 4 is 30.1 Å². The summed E-state index contributed by atoms with van der Waals surface area (Å²) in [5, 5.41) is 8.33. The van der Waals surface area contributed by atoms with Crippen LogP contribution >= 0.6 is 24.2 Å². The van der Waals surface area contributed by atoms with Crippen molar-refractivity contribution in [3.05, 3.63) is 0 Å². The number of aliphatic carboxylic acids is 1. The van der Waals surface area contributed by atoms with Crippen LogP contribution < -0.4 is 5.73 Å². The van der Waals surface area contributed by atoms with Crippen molar-refractivity contribution in [2.24, 2.45) is 5.73 Å². The molecule has 0 amide bonds. The Hall–Kier alpha value is 0. The van der Waals surface area contributed by atoms with Gasteiger partial charge in [-0.3, -0.25) is 9.18 Å². The molecule has 0 heterocycles. The predicted molar refractivity (Wildman–Crippen MR) is 50.8 cm³/mol. The van der Waals surface area contributed by atoms with Crippen LogP contribution in [0.1, 0.15) is 6.42 Å². The quantitative estimate of drug-likeness (QED) is 0.648. The Bertz CT molecular complexity index is 128. The zero-order valence-electron chi connectivity index (χ0n) is 6.53. The molecule has 0 saturated heterocycles. The number of carboxylic acid groups (broad SMARTS) is 1. The summed E-state index contributed by atoms with van der Waals surface area (Å²) >= 11 is 1.38. The number of alkyl halides is 1. The van der Waals surface area contributed by atoms with E-state index in [9.17, 15) is 9.18 Å². The van der Waals surface area contributed by atoms with E-state index >= 15 is 0 Å². The average Bonchev–Trinajstić information content (AvgIpc) is 1.97. The molecule has 0 radical (unpaired) electrons. The maximum atomic E-state index is 11.5. The fourth-order valence-electron chi connectivity index (χ4n) is 0.490. The van der Waals surface area contributed by atoms with E-state index in [2.05, 4.69) is 0 Å². The van der Waals surface area contributed by atoms with Gasteiger partial charge in [0, 0.05) is 5.75 Å². The van der Waals surface area contributed by atoms with E-state index in [1.807, 2.05) is 0 Å². The number of hydrogen-bond donors (Lipinski definition) is 2. The van der Waals surface area contributed by atoms with E-state index in [4.69, 9.17) is 10.8 Å². The number of hydrogen-bond acceptors (Lipinski definition) is 3. The van der Waals surface area contributed by atoms with Crippen LogP contribution in [0.15, 0.2) is 0 Å². The van der Waals surface area contributed by atoms with Gasteiger partial charge in [0.1, 0.15) is 6.04 Å². The molecule has 0 spiro atoms. The Labute approximate surface area is 81.3 Å². The van der Waals surface area contributed by atoms with Gasteiger partial charge in [-0.05, 0) is 12.2 Å². The summed E-state index contributed by atoms with van der Waals surface area (Å²) in [6.07, 6.45) is 0.403. The first kappa shape index (κ1) is 14.5. The molecule has 74 valence electrons. The summed E-state index contributed by atoms with van der Waals surface area (Å²) in [5.41, 5.74) is 5.19. The minimum atomic E-state index is -0.995. The molecule has 6 heteroatoms. The zero-order valence-corrected chi connectivity index (χ0v) is 8.17. The Kier molecular flexibility index (Phi) is 11.0. The van der Waals surface area contributed by atoms with Crippen molar-refractivity contribution in [2.45, 2.75) is 12.5 Å². The van der Waals surface area contributed by atoms with Crippen molar-refractivity contribution in [3.8, 4) is 0 Å². The van der Waals surface area contributed by atoms with Crippen LogP contribution in [0, 0.1) is 0 Å². The molecule has 3 nitrogen and oxygen atoms in total. The summed E-state index contributed by atoms with van der Waals surface area (Å²) in [4.78, 5) is 10.2. The monoisotopic (exact) mass is 216 g/mol. The summed E-state index contributed by atoms with van der Waals surface area (Å²) in [5.74, 6) is 0.0369. The average molecular weight is 217 g/mol. The van der Waals surface area contributed by atoms with Crippen LogP contribution in [-0.4, -0.2) is 35.3 Å². The smallest absolute Gasteiger partial charge is 0.320 e. The molecule has 0 fully saturated rings. The molecule has 0 aromatic rings. The van der Waals surface area contributed by atoms with Gasteiger partial charge in [-0.15, -0.1) is 12.4 Å². The molecule has 12 heavy (non-hydrogen) atoms. The van der Waals surface area contributed by atoms with Crippen molar-refractivity contribution in [1.82, 2.24) is 0 Å². The molecule has 0 aromatic carbocycles. The number of thioether (sulfide) groups is 1. The number of carboxylic acids is 1. The van der Waals surface area contributed by atoms with Crippen molar-refractivity contribution in [3.63, 3.8) is 0 Å². The maximum absolute atomic E-state index is 11.5. The lowest BCUT2D eigenvalue weighted by molar-refractivity contribution is -0.138. The maximum Gasteiger partial charge on any atom is 0.320 e. The SMILES string of the molecule is Cl.N[C@@H](CCSCC[18F])C(=O)O. The van der Waals surface area contributed by atoms with Crippen molar-refractivity contribution < 1.29 is 14.3 Å². The summed E-state index contributed by atoms with van der Waals surface area (Å²) < 4.78 is 11.5. The van der Waals surface area contributed by atoms with Crippen LogP contribution in [0.2, 0.25) is 0 Å². The van der Waals surface area contributed by atoms with E-state index in [-0.39, 0.29) is 19.1 Å². The molecule has 0 saturated carbocycles. The van der Waals surface area contributed by atoms with Crippen LogP contribution in [0.5, 0.6) is 0 Å². The van der Waals surface area contributed by atoms with E-state index in [1.54, 1.807) is 0 Å². The van der Waals surface area contributed by atoms with Gasteiger partial charge >= 0.3 is 5.97 Å². The van der Waals surface area contributed by atoms with Crippen LogP contribution in [0.25, 0.3) is 0 Å². The third-order valence-electron chi connectivity index (χ3n) is 1.11. The second-order valence-corrected chi connectivity index (χ2v) is 3.26. The second kappa shape index (κ2) is 9.09. The Morgan fingerprint density at radius 2 is 2.17 bits per heavy atom. The van der Waals surface area contributed by atoms with Gasteiger partial charge in [0.25, 0.3) is 0 Å². The molecule has 3 N–H and O–H groups in total. The van der Waals surface area contributed by atoms with Gasteiger partial charge in [-0.2, -0.15) is 11.8 Å². The normalized spacial score (nSPS) is 11.8. The molecule has 0 aromatic heterocycles. The van der Waals surface area contributed by atoms with Crippen LogP contribution in [0.4, 0.5) is 4.39 Å². The number of rotatable bonds is 6. The second-order valence-electron chi connectivity index (χ2n) is 2.03. The number of halogens is 2. The van der Waals surface area contributed by atoms with E-state index in [1.165, 1.54) is 11.8 Å². The molecular weight excluding hydrogens is 204 g/mol. The standard InChI is InChI=1S/C6H12FNO2S.ClH/c7-2-4-11-3-1-5(8)6(9)10;/h5H,1-4,8H2,(H,9,10);1H/t5-;/m0./s1/i7-1;. The van der Waals surface area contributed by atoms with Gasteiger partial charge < -0.3 is 10.8 Å². The highest BCUT2D eigenvalue weighted by molar-refractivity contribution is 7.99. The predicted octanol–water partition coefficient (Wildman–Crippen LogP) is 0.913. The fraction of sp³-hybridized carbons (Fsp3) is 0.833. The minimum Gasteiger partial charge on any atom is -0.480 e. The lowest BCUT2D eigenvalue weighted by Crippen LogP contribution is -2.30. The molecule has 0 rings (SSSR count).